The van der Waals surface area contributed by atoms with Crippen molar-refractivity contribution in [1.82, 2.24) is 0 Å². The third kappa shape index (κ3) is 9.52. The van der Waals surface area contributed by atoms with Gasteiger partial charge in [-0.05, 0) is 6.07 Å². The molecule has 0 aliphatic rings. The Hall–Kier alpha value is -0.340. The standard InChI is InChI=1S/C11H11O.C5H5.C2H6Si.2ClH.Zr/c1-8-6-7-11(12-2)10-5-3-4-9(8)10;1-2-4-5-3-1;1-3-2;;;/h3-7H,1-2H3;1-5H;1-2H3;2*1H;/q2*-1;;;;+2/p-2. The maximum atomic E-state index is 5.24. The first kappa shape index (κ1) is 24.9. The minimum Gasteiger partial charge on any atom is -1.00 e. The molecule has 23 heavy (non-hydrogen) atoms. The summed E-state index contributed by atoms with van der Waals surface area (Å²) in [4.78, 5) is 0. The van der Waals surface area contributed by atoms with E-state index in [-0.39, 0.29) is 30.2 Å². The number of ether oxygens (including phenoxy) is 1. The second-order valence-corrected chi connectivity index (χ2v) is 14.3. The van der Waals surface area contributed by atoms with Crippen molar-refractivity contribution in [2.45, 2.75) is 20.0 Å². The van der Waals surface area contributed by atoms with Crippen LogP contribution in [0.25, 0.3) is 10.8 Å². The van der Waals surface area contributed by atoms with Gasteiger partial charge in [0.05, 0.1) is 12.9 Å². The van der Waals surface area contributed by atoms with Crippen LogP contribution < -0.4 is 29.6 Å². The van der Waals surface area contributed by atoms with Crippen molar-refractivity contribution in [3.05, 3.63) is 66.2 Å². The van der Waals surface area contributed by atoms with Crippen LogP contribution in [-0.4, -0.2) is 12.5 Å². The number of methoxy groups -OCH3 is 1. The van der Waals surface area contributed by atoms with Crippen LogP contribution in [-0.2, 0) is 23.3 Å². The number of hydrogen-bond acceptors (Lipinski definition) is 1. The molecular weight excluding hydrogens is 422 g/mol. The molecule has 1 nitrogen and oxygen atoms in total. The summed E-state index contributed by atoms with van der Waals surface area (Å²) in [6, 6.07) is 20.4. The third-order valence-corrected chi connectivity index (χ3v) is 2.77. The van der Waals surface area contributed by atoms with Gasteiger partial charge in [-0.15, -0.1) is 17.0 Å². The summed E-state index contributed by atoms with van der Waals surface area (Å²) in [6.07, 6.45) is 0. The van der Waals surface area contributed by atoms with Crippen LogP contribution in [0.2, 0.25) is 13.1 Å². The van der Waals surface area contributed by atoms with E-state index in [4.69, 9.17) is 4.74 Å². The predicted octanol–water partition coefficient (Wildman–Crippen LogP) is -0.926. The van der Waals surface area contributed by atoms with E-state index in [1.54, 1.807) is 30.4 Å². The Morgan fingerprint density at radius 2 is 1.57 bits per heavy atom. The SMILES string of the molecule is COc1ccc(C)c2[cH-]ccc12.C[Si](C)=[Zr+2].[Cl-].[Cl-].c1cc[cH-]c1. The molecule has 0 unspecified atom stereocenters. The molecular formula is C18H22Cl2OSiZr-2. The van der Waals surface area contributed by atoms with Gasteiger partial charge in [-0.1, -0.05) is 18.4 Å². The molecule has 0 saturated heterocycles. The first-order valence-corrected chi connectivity index (χ1v) is 13.1. The van der Waals surface area contributed by atoms with Gasteiger partial charge in [0.1, 0.15) is 0 Å². The van der Waals surface area contributed by atoms with Crippen LogP contribution in [0.1, 0.15) is 5.56 Å². The Morgan fingerprint density at radius 1 is 1.00 bits per heavy atom. The molecule has 0 aliphatic carbocycles. The summed E-state index contributed by atoms with van der Waals surface area (Å²) in [6.45, 7) is 6.73. The first-order chi connectivity index (χ1) is 10.1. The summed E-state index contributed by atoms with van der Waals surface area (Å²) < 4.78 is 5.24. The van der Waals surface area contributed by atoms with E-state index in [2.05, 4.69) is 44.3 Å². The zero-order chi connectivity index (χ0) is 15.7. The van der Waals surface area contributed by atoms with Crippen molar-refractivity contribution >= 4 is 16.2 Å². The third-order valence-electron chi connectivity index (χ3n) is 2.77. The minimum atomic E-state index is 0. The fourth-order valence-electron chi connectivity index (χ4n) is 1.86. The van der Waals surface area contributed by atoms with E-state index in [0.717, 1.165) is 5.75 Å². The molecule has 0 heterocycles. The van der Waals surface area contributed by atoms with Gasteiger partial charge in [-0.2, -0.15) is 30.3 Å². The fourth-order valence-corrected chi connectivity index (χ4v) is 1.86. The smallest absolute Gasteiger partial charge is 0.172 e. The van der Waals surface area contributed by atoms with E-state index >= 15 is 0 Å². The summed E-state index contributed by atoms with van der Waals surface area (Å²) >= 11 is 1.74. The molecule has 0 fully saturated rings. The van der Waals surface area contributed by atoms with Gasteiger partial charge in [-0.3, -0.25) is 0 Å². The zero-order valence-electron chi connectivity index (χ0n) is 13.9. The maximum absolute atomic E-state index is 5.24. The largest absolute Gasteiger partial charge is 1.00 e. The normalized spacial score (nSPS) is 8.43. The first-order valence-electron chi connectivity index (χ1n) is 6.93. The molecule has 0 saturated carbocycles. The van der Waals surface area contributed by atoms with Crippen molar-refractivity contribution in [3.8, 4) is 5.75 Å². The van der Waals surface area contributed by atoms with Crippen LogP contribution >= 0.6 is 0 Å². The van der Waals surface area contributed by atoms with Gasteiger partial charge in [0, 0.05) is 0 Å². The van der Waals surface area contributed by atoms with Crippen molar-refractivity contribution in [1.29, 1.82) is 0 Å². The molecule has 3 rings (SSSR count). The molecule has 0 aromatic heterocycles. The van der Waals surface area contributed by atoms with Gasteiger partial charge < -0.3 is 29.6 Å². The summed E-state index contributed by atoms with van der Waals surface area (Å²) in [5.41, 5.74) is 1.51. The summed E-state index contributed by atoms with van der Waals surface area (Å²) in [5, 5.41) is 2.49. The number of hydrogen-bond donors (Lipinski definition) is 0. The average molecular weight is 445 g/mol. The number of benzene rings is 1. The van der Waals surface area contributed by atoms with Crippen molar-refractivity contribution in [2.24, 2.45) is 0 Å². The maximum Gasteiger partial charge on any atom is -0.172 e. The van der Waals surface area contributed by atoms with Crippen molar-refractivity contribution in [3.63, 3.8) is 0 Å². The molecule has 5 heteroatoms. The van der Waals surface area contributed by atoms with Crippen LogP contribution in [0.3, 0.4) is 0 Å². The quantitative estimate of drug-likeness (QED) is 0.348. The number of rotatable bonds is 1. The predicted molar refractivity (Wildman–Crippen MR) is 90.3 cm³/mol. The van der Waals surface area contributed by atoms with Crippen molar-refractivity contribution in [2.75, 3.05) is 7.11 Å². The molecule has 0 atom stereocenters. The van der Waals surface area contributed by atoms with Crippen LogP contribution in [0.4, 0.5) is 0 Å². The number of fused-ring (bicyclic) bond motifs is 1. The molecule has 0 aliphatic heterocycles. The Kier molecular flexibility index (Phi) is 15.2. The van der Waals surface area contributed by atoms with E-state index in [9.17, 15) is 0 Å². The Bertz CT molecular complexity index is 642. The van der Waals surface area contributed by atoms with Gasteiger partial charge in [0.15, 0.2) is 0 Å². The summed E-state index contributed by atoms with van der Waals surface area (Å²) in [5.74, 6) is 0.959. The van der Waals surface area contributed by atoms with Gasteiger partial charge in [0.2, 0.25) is 0 Å². The van der Waals surface area contributed by atoms with Crippen LogP contribution in [0.5, 0.6) is 5.75 Å². The number of halogens is 2. The molecule has 0 radical (unpaired) electrons. The minimum absolute atomic E-state index is 0. The topological polar surface area (TPSA) is 9.23 Å². The molecule has 3 aromatic rings. The van der Waals surface area contributed by atoms with Gasteiger partial charge in [-0.25, -0.2) is 12.1 Å². The fraction of sp³-hybridized carbons (Fsp3) is 0.222. The molecule has 124 valence electrons. The molecule has 0 amide bonds. The second-order valence-electron chi connectivity index (χ2n) is 4.90. The van der Waals surface area contributed by atoms with E-state index in [1.165, 1.54) is 16.3 Å². The number of aryl methyl sites for hydroxylation is 1. The zero-order valence-corrected chi connectivity index (χ0v) is 18.9. The van der Waals surface area contributed by atoms with E-state index in [1.807, 2.05) is 36.4 Å². The molecule has 0 spiro atoms. The average Bonchev–Trinajstić information content (AvgIpc) is 3.13. The molecule has 0 bridgehead atoms. The van der Waals surface area contributed by atoms with Gasteiger partial charge >= 0.3 is 41.9 Å². The monoisotopic (exact) mass is 442 g/mol. The second kappa shape index (κ2) is 14.0. The van der Waals surface area contributed by atoms with Gasteiger partial charge in [0.25, 0.3) is 0 Å². The van der Waals surface area contributed by atoms with Crippen LogP contribution in [0, 0.1) is 6.92 Å². The molecule has 0 N–H and O–H groups in total. The molecule has 3 aromatic carbocycles. The Labute approximate surface area is 167 Å². The summed E-state index contributed by atoms with van der Waals surface area (Å²) in [7, 11) is 1.71. The Balaban J connectivity index is 0. The van der Waals surface area contributed by atoms with Crippen molar-refractivity contribution < 1.29 is 52.9 Å². The van der Waals surface area contributed by atoms with Crippen LogP contribution in [0.15, 0.2) is 60.7 Å². The van der Waals surface area contributed by atoms with E-state index in [0.29, 0.717) is 0 Å². The van der Waals surface area contributed by atoms with E-state index < -0.39 is 0 Å². The Morgan fingerprint density at radius 3 is 2.00 bits per heavy atom.